The summed E-state index contributed by atoms with van der Waals surface area (Å²) in [6, 6.07) is 2.40. The van der Waals surface area contributed by atoms with Gasteiger partial charge in [0.25, 0.3) is 0 Å². The zero-order valence-electron chi connectivity index (χ0n) is 9.57. The standard InChI is InChI=1S/C11H19N3O/c1-3-13(4-2)10-6-8-14(9-10)11(15)5-7-12/h10H,3-6,8-9H2,1-2H3. The molecular weight excluding hydrogens is 190 g/mol. The van der Waals surface area contributed by atoms with Gasteiger partial charge in [0.05, 0.1) is 6.07 Å². The van der Waals surface area contributed by atoms with Crippen molar-refractivity contribution in [2.75, 3.05) is 26.2 Å². The van der Waals surface area contributed by atoms with E-state index in [-0.39, 0.29) is 12.3 Å². The van der Waals surface area contributed by atoms with Crippen LogP contribution in [0.5, 0.6) is 0 Å². The summed E-state index contributed by atoms with van der Waals surface area (Å²) in [5.41, 5.74) is 0. The first kappa shape index (κ1) is 12.0. The van der Waals surface area contributed by atoms with Gasteiger partial charge in [-0.05, 0) is 19.5 Å². The van der Waals surface area contributed by atoms with Crippen LogP contribution >= 0.6 is 0 Å². The maximum Gasteiger partial charge on any atom is 0.236 e. The fourth-order valence-corrected chi connectivity index (χ4v) is 2.19. The molecule has 0 bridgehead atoms. The number of carbonyl (C=O) groups excluding carboxylic acids is 1. The average molecular weight is 209 g/mol. The number of hydrogen-bond acceptors (Lipinski definition) is 3. The summed E-state index contributed by atoms with van der Waals surface area (Å²) in [4.78, 5) is 15.7. The number of likely N-dealkylation sites (tertiary alicyclic amines) is 1. The molecule has 1 unspecified atom stereocenters. The minimum Gasteiger partial charge on any atom is -0.340 e. The highest BCUT2D eigenvalue weighted by Gasteiger charge is 2.28. The van der Waals surface area contributed by atoms with Gasteiger partial charge in [0.2, 0.25) is 5.91 Å². The molecule has 1 atom stereocenters. The van der Waals surface area contributed by atoms with E-state index < -0.39 is 0 Å². The van der Waals surface area contributed by atoms with Crippen molar-refractivity contribution in [3.63, 3.8) is 0 Å². The Bertz CT molecular complexity index is 255. The molecule has 1 heterocycles. The lowest BCUT2D eigenvalue weighted by Gasteiger charge is -2.25. The van der Waals surface area contributed by atoms with E-state index in [0.717, 1.165) is 32.6 Å². The van der Waals surface area contributed by atoms with Gasteiger partial charge in [-0.3, -0.25) is 9.69 Å². The lowest BCUT2D eigenvalue weighted by molar-refractivity contribution is -0.129. The molecule has 0 spiro atoms. The van der Waals surface area contributed by atoms with E-state index in [1.807, 2.05) is 11.0 Å². The average Bonchev–Trinajstić information content (AvgIpc) is 2.69. The Balaban J connectivity index is 2.45. The first-order chi connectivity index (χ1) is 7.22. The van der Waals surface area contributed by atoms with E-state index in [4.69, 9.17) is 5.26 Å². The van der Waals surface area contributed by atoms with Crippen molar-refractivity contribution in [1.82, 2.24) is 9.80 Å². The number of likely N-dealkylation sites (N-methyl/N-ethyl adjacent to an activating group) is 1. The smallest absolute Gasteiger partial charge is 0.236 e. The van der Waals surface area contributed by atoms with Crippen LogP contribution in [0, 0.1) is 11.3 Å². The topological polar surface area (TPSA) is 47.3 Å². The lowest BCUT2D eigenvalue weighted by atomic mass is 10.2. The SMILES string of the molecule is CCN(CC)C1CCN(C(=O)CC#N)C1. The van der Waals surface area contributed by atoms with Crippen molar-refractivity contribution in [1.29, 1.82) is 5.26 Å². The molecule has 0 aromatic carbocycles. The molecule has 1 amide bonds. The van der Waals surface area contributed by atoms with Crippen LogP contribution in [0.25, 0.3) is 0 Å². The van der Waals surface area contributed by atoms with Crippen LogP contribution in [-0.4, -0.2) is 47.9 Å². The maximum atomic E-state index is 11.5. The Morgan fingerprint density at radius 3 is 2.73 bits per heavy atom. The minimum atomic E-state index is -0.0212. The molecule has 1 aliphatic rings. The molecule has 84 valence electrons. The Morgan fingerprint density at radius 2 is 2.20 bits per heavy atom. The molecule has 1 rings (SSSR count). The number of nitrogens with zero attached hydrogens (tertiary/aromatic N) is 3. The van der Waals surface area contributed by atoms with Crippen molar-refractivity contribution in [3.8, 4) is 6.07 Å². The molecule has 1 aliphatic heterocycles. The summed E-state index contributed by atoms with van der Waals surface area (Å²) in [5, 5.41) is 8.46. The molecule has 0 N–H and O–H groups in total. The molecule has 15 heavy (non-hydrogen) atoms. The quantitative estimate of drug-likeness (QED) is 0.689. The second-order valence-electron chi connectivity index (χ2n) is 3.84. The first-order valence-corrected chi connectivity index (χ1v) is 5.61. The number of amides is 1. The number of carbonyl (C=O) groups is 1. The molecule has 4 heteroatoms. The summed E-state index contributed by atoms with van der Waals surface area (Å²) in [6.45, 7) is 7.94. The van der Waals surface area contributed by atoms with Crippen molar-refractivity contribution in [2.45, 2.75) is 32.7 Å². The van der Waals surface area contributed by atoms with Gasteiger partial charge >= 0.3 is 0 Å². The zero-order valence-corrected chi connectivity index (χ0v) is 9.57. The highest BCUT2D eigenvalue weighted by Crippen LogP contribution is 2.15. The molecule has 0 radical (unpaired) electrons. The van der Waals surface area contributed by atoms with Crippen LogP contribution in [0.4, 0.5) is 0 Å². The Hall–Kier alpha value is -1.08. The van der Waals surface area contributed by atoms with E-state index in [0.29, 0.717) is 6.04 Å². The molecule has 4 nitrogen and oxygen atoms in total. The van der Waals surface area contributed by atoms with Crippen molar-refractivity contribution in [2.24, 2.45) is 0 Å². The molecule has 0 aromatic heterocycles. The molecule has 0 saturated carbocycles. The summed E-state index contributed by atoms with van der Waals surface area (Å²) in [6.07, 6.45) is 1.06. The normalized spacial score (nSPS) is 20.7. The van der Waals surface area contributed by atoms with Crippen LogP contribution in [0.1, 0.15) is 26.7 Å². The Morgan fingerprint density at radius 1 is 1.53 bits per heavy atom. The van der Waals surface area contributed by atoms with Gasteiger partial charge in [-0.2, -0.15) is 5.26 Å². The highest BCUT2D eigenvalue weighted by atomic mass is 16.2. The fourth-order valence-electron chi connectivity index (χ4n) is 2.19. The first-order valence-electron chi connectivity index (χ1n) is 5.61. The molecule has 0 aromatic rings. The number of nitriles is 1. The third-order valence-electron chi connectivity index (χ3n) is 3.08. The summed E-state index contributed by atoms with van der Waals surface area (Å²) >= 11 is 0. The molecule has 1 fully saturated rings. The van der Waals surface area contributed by atoms with Crippen LogP contribution in [0.2, 0.25) is 0 Å². The van der Waals surface area contributed by atoms with E-state index in [2.05, 4.69) is 18.7 Å². The second kappa shape index (κ2) is 5.72. The van der Waals surface area contributed by atoms with E-state index in [1.54, 1.807) is 0 Å². The molecular formula is C11H19N3O. The Labute approximate surface area is 91.5 Å². The second-order valence-corrected chi connectivity index (χ2v) is 3.84. The van der Waals surface area contributed by atoms with Crippen molar-refractivity contribution in [3.05, 3.63) is 0 Å². The summed E-state index contributed by atoms with van der Waals surface area (Å²) in [5.74, 6) is -0.0212. The van der Waals surface area contributed by atoms with Gasteiger partial charge in [0.15, 0.2) is 0 Å². The predicted octanol–water partition coefficient (Wildman–Crippen LogP) is 0.843. The number of hydrogen-bond donors (Lipinski definition) is 0. The van der Waals surface area contributed by atoms with Gasteiger partial charge in [-0.25, -0.2) is 0 Å². The van der Waals surface area contributed by atoms with Crippen molar-refractivity contribution < 1.29 is 4.79 Å². The third-order valence-corrected chi connectivity index (χ3v) is 3.08. The monoisotopic (exact) mass is 209 g/mol. The van der Waals surface area contributed by atoms with Gasteiger partial charge in [0.1, 0.15) is 6.42 Å². The van der Waals surface area contributed by atoms with Gasteiger partial charge in [-0.1, -0.05) is 13.8 Å². The van der Waals surface area contributed by atoms with Crippen LogP contribution in [-0.2, 0) is 4.79 Å². The third kappa shape index (κ3) is 2.93. The van der Waals surface area contributed by atoms with E-state index in [9.17, 15) is 4.79 Å². The largest absolute Gasteiger partial charge is 0.340 e. The highest BCUT2D eigenvalue weighted by molar-refractivity contribution is 5.78. The summed E-state index contributed by atoms with van der Waals surface area (Å²) in [7, 11) is 0. The van der Waals surface area contributed by atoms with Gasteiger partial charge in [-0.15, -0.1) is 0 Å². The maximum absolute atomic E-state index is 11.5. The van der Waals surface area contributed by atoms with Crippen LogP contribution in [0.3, 0.4) is 0 Å². The predicted molar refractivity (Wildman–Crippen MR) is 58.1 cm³/mol. The van der Waals surface area contributed by atoms with Gasteiger partial charge in [0, 0.05) is 19.1 Å². The van der Waals surface area contributed by atoms with Gasteiger partial charge < -0.3 is 4.90 Å². The van der Waals surface area contributed by atoms with E-state index in [1.165, 1.54) is 0 Å². The molecule has 0 aliphatic carbocycles. The van der Waals surface area contributed by atoms with Crippen LogP contribution in [0.15, 0.2) is 0 Å². The van der Waals surface area contributed by atoms with Crippen molar-refractivity contribution >= 4 is 5.91 Å². The molecule has 1 saturated heterocycles. The zero-order chi connectivity index (χ0) is 11.3. The summed E-state index contributed by atoms with van der Waals surface area (Å²) < 4.78 is 0. The number of rotatable bonds is 4. The lowest BCUT2D eigenvalue weighted by Crippen LogP contribution is -2.38. The minimum absolute atomic E-state index is 0.0188. The fraction of sp³-hybridized carbons (Fsp3) is 0.818. The van der Waals surface area contributed by atoms with E-state index >= 15 is 0 Å². The Kier molecular flexibility index (Phi) is 4.57. The van der Waals surface area contributed by atoms with Crippen LogP contribution < -0.4 is 0 Å².